The minimum Gasteiger partial charge on any atom is -0.393 e. The van der Waals surface area contributed by atoms with E-state index in [1.165, 1.54) is 12.1 Å². The number of hydrazine groups is 1. The van der Waals surface area contributed by atoms with Crippen molar-refractivity contribution in [2.75, 3.05) is 11.2 Å². The van der Waals surface area contributed by atoms with Crippen molar-refractivity contribution >= 4 is 34.1 Å². The summed E-state index contributed by atoms with van der Waals surface area (Å²) in [5, 5.41) is 32.5. The van der Waals surface area contributed by atoms with Crippen LogP contribution in [0.1, 0.15) is 0 Å². The molecule has 2 aromatic carbocycles. The van der Waals surface area contributed by atoms with Gasteiger partial charge in [0.05, 0.1) is 19.7 Å². The molecule has 3 N–H and O–H groups in total. The van der Waals surface area contributed by atoms with E-state index in [4.69, 9.17) is 5.73 Å². The second kappa shape index (κ2) is 6.53. The second-order valence-electron chi connectivity index (χ2n) is 4.62. The van der Waals surface area contributed by atoms with Crippen LogP contribution in [0, 0.1) is 35.3 Å². The summed E-state index contributed by atoms with van der Waals surface area (Å²) in [5.74, 6) is 0. The molecule has 0 fully saturated rings. The third-order valence-electron chi connectivity index (χ3n) is 3.04. The van der Waals surface area contributed by atoms with Gasteiger partial charge in [-0.1, -0.05) is 0 Å². The Bertz CT molecular complexity index is 913. The van der Waals surface area contributed by atoms with Crippen molar-refractivity contribution < 1.29 is 19.6 Å². The maximum Gasteiger partial charge on any atom is 0.352 e. The van der Waals surface area contributed by atoms with E-state index in [-0.39, 0.29) is 21.9 Å². The predicted molar refractivity (Wildman–Crippen MR) is 84.2 cm³/mol. The molecule has 13 heteroatoms. The molecule has 0 heterocycles. The van der Waals surface area contributed by atoms with Gasteiger partial charge in [0.25, 0.3) is 11.4 Å². The lowest BCUT2D eigenvalue weighted by Gasteiger charge is -2.00. The van der Waals surface area contributed by atoms with Gasteiger partial charge in [-0.25, -0.2) is 0 Å². The van der Waals surface area contributed by atoms with E-state index in [1.807, 2.05) is 0 Å². The summed E-state index contributed by atoms with van der Waals surface area (Å²) in [7, 11) is 0. The van der Waals surface area contributed by atoms with E-state index < -0.39 is 31.8 Å². The van der Waals surface area contributed by atoms with Crippen molar-refractivity contribution in [2.45, 2.75) is 0 Å². The van der Waals surface area contributed by atoms with Gasteiger partial charge in [-0.2, -0.15) is 0 Å². The monoisotopic (exact) mass is 349 g/mol. The molecule has 0 aliphatic rings. The zero-order valence-electron chi connectivity index (χ0n) is 12.2. The first-order valence-electron chi connectivity index (χ1n) is 6.41. The van der Waals surface area contributed by atoms with Crippen LogP contribution in [-0.4, -0.2) is 19.6 Å². The van der Waals surface area contributed by atoms with Crippen LogP contribution < -0.4 is 11.2 Å². The summed E-state index contributed by atoms with van der Waals surface area (Å²) in [5.41, 5.74) is 5.15. The van der Waals surface area contributed by atoms with Crippen molar-refractivity contribution in [1.82, 2.24) is 0 Å². The van der Waals surface area contributed by atoms with Gasteiger partial charge >= 0.3 is 11.4 Å². The van der Waals surface area contributed by atoms with Crippen LogP contribution in [0.4, 0.5) is 34.1 Å². The molecule has 128 valence electrons. The number of benzene rings is 2. The second-order valence-corrected chi connectivity index (χ2v) is 4.62. The van der Waals surface area contributed by atoms with Crippen LogP contribution in [0.3, 0.4) is 0 Å². The summed E-state index contributed by atoms with van der Waals surface area (Å²) >= 11 is 0. The molecule has 2 aromatic rings. The number of nitrogens with zero attached hydrogens (tertiary/aromatic N) is 4. The molecule has 0 saturated heterocycles. The number of rotatable bonds is 6. The minimum absolute atomic E-state index is 0.00286. The van der Waals surface area contributed by atoms with Crippen LogP contribution >= 0.6 is 0 Å². The summed E-state index contributed by atoms with van der Waals surface area (Å²) in [4.78, 5) is 41.9. The lowest BCUT2D eigenvalue weighted by Crippen LogP contribution is -2.11. The fourth-order valence-electron chi connectivity index (χ4n) is 1.89. The molecule has 0 aromatic heterocycles. The smallest absolute Gasteiger partial charge is 0.352 e. The van der Waals surface area contributed by atoms with Gasteiger partial charge in [0.2, 0.25) is 0 Å². The van der Waals surface area contributed by atoms with Gasteiger partial charge in [0, 0.05) is 18.2 Å². The summed E-state index contributed by atoms with van der Waals surface area (Å²) in [6.45, 7) is 0. The van der Waals surface area contributed by atoms with Crippen LogP contribution in [0.5, 0.6) is 0 Å². The average molecular weight is 349 g/mol. The number of hydrogen-bond donors (Lipinski definition) is 2. The van der Waals surface area contributed by atoms with Crippen molar-refractivity contribution in [2.24, 2.45) is 0 Å². The van der Waals surface area contributed by atoms with Crippen LogP contribution in [0.2, 0.25) is 0 Å². The molecule has 13 nitrogen and oxygen atoms in total. The Labute approximate surface area is 137 Å². The van der Waals surface area contributed by atoms with Crippen LogP contribution in [0.25, 0.3) is 0 Å². The Kier molecular flexibility index (Phi) is 4.49. The first kappa shape index (κ1) is 17.2. The molecule has 0 aliphatic heterocycles. The molecule has 0 unspecified atom stereocenters. The molecular weight excluding hydrogens is 340 g/mol. The third-order valence-corrected chi connectivity index (χ3v) is 3.04. The highest BCUT2D eigenvalue weighted by molar-refractivity contribution is 5.65. The molecule has 0 spiro atoms. The standard InChI is InChI=1S/C12H9N6O7/c13-9-3-1-7(5-11(9)17(22)23)14-15(19)8-2-4-10(16(20)21)12(6-8)18(24)25/h1-6H,13H2,(H,14,19)/q+1. The maximum atomic E-state index is 12.0. The number of nitrogen functional groups attached to an aromatic ring is 1. The highest BCUT2D eigenvalue weighted by Crippen LogP contribution is 2.31. The van der Waals surface area contributed by atoms with Gasteiger partial charge in [0.15, 0.2) is 4.87 Å². The topological polar surface area (TPSA) is 188 Å². The fourth-order valence-corrected chi connectivity index (χ4v) is 1.89. The molecule has 0 aliphatic carbocycles. The van der Waals surface area contributed by atoms with Gasteiger partial charge in [-0.05, 0) is 12.1 Å². The predicted octanol–water partition coefficient (Wildman–Crippen LogP) is 2.43. The Morgan fingerprint density at radius 1 is 0.760 bits per heavy atom. The molecule has 0 saturated carbocycles. The molecule has 0 bridgehead atoms. The van der Waals surface area contributed by atoms with E-state index in [0.717, 1.165) is 18.2 Å². The Hall–Kier alpha value is -4.16. The van der Waals surface area contributed by atoms with Gasteiger partial charge in [-0.15, -0.1) is 5.43 Å². The van der Waals surface area contributed by atoms with Gasteiger partial charge in [-0.3, -0.25) is 30.3 Å². The van der Waals surface area contributed by atoms with E-state index >= 15 is 0 Å². The Morgan fingerprint density at radius 3 is 1.92 bits per heavy atom. The van der Waals surface area contributed by atoms with Crippen molar-refractivity contribution in [1.29, 1.82) is 0 Å². The van der Waals surface area contributed by atoms with Gasteiger partial charge in [0.1, 0.15) is 17.4 Å². The van der Waals surface area contributed by atoms with Crippen molar-refractivity contribution in [3.8, 4) is 0 Å². The maximum absolute atomic E-state index is 12.0. The lowest BCUT2D eigenvalue weighted by molar-refractivity contribution is -0.434. The van der Waals surface area contributed by atoms with E-state index in [0.29, 0.717) is 6.07 Å². The normalized spacial score (nSPS) is 10.1. The van der Waals surface area contributed by atoms with E-state index in [1.54, 1.807) is 0 Å². The van der Waals surface area contributed by atoms with Crippen molar-refractivity contribution in [3.63, 3.8) is 0 Å². The number of nitro groups is 3. The highest BCUT2D eigenvalue weighted by atomic mass is 16.6. The number of nitrogens with two attached hydrogens (primary N) is 1. The summed E-state index contributed by atoms with van der Waals surface area (Å²) in [6, 6.07) is 6.01. The average Bonchev–Trinajstić information content (AvgIpc) is 2.55. The Balaban J connectivity index is 2.34. The number of hydrogen-bond acceptors (Lipinski definition) is 8. The zero-order chi connectivity index (χ0) is 18.7. The first-order valence-corrected chi connectivity index (χ1v) is 6.41. The molecule has 2 rings (SSSR count). The third kappa shape index (κ3) is 3.61. The number of nitro benzene ring substituents is 3. The van der Waals surface area contributed by atoms with Gasteiger partial charge < -0.3 is 5.73 Å². The SMILES string of the molecule is Nc1ccc(N[N+](=O)c2ccc([N+](=O)[O-])c([N+](=O)[O-])c2)cc1[N+](=O)[O-]. The lowest BCUT2D eigenvalue weighted by atomic mass is 10.2. The highest BCUT2D eigenvalue weighted by Gasteiger charge is 2.29. The molecule has 25 heavy (non-hydrogen) atoms. The zero-order valence-corrected chi connectivity index (χ0v) is 12.2. The van der Waals surface area contributed by atoms with E-state index in [2.05, 4.69) is 5.43 Å². The first-order chi connectivity index (χ1) is 11.7. The molecule has 0 radical (unpaired) electrons. The van der Waals surface area contributed by atoms with E-state index in [9.17, 15) is 35.3 Å². The molecule has 0 atom stereocenters. The van der Waals surface area contributed by atoms with Crippen LogP contribution in [0.15, 0.2) is 36.4 Å². The number of nitrogens with one attached hydrogen (secondary N) is 1. The minimum atomic E-state index is -0.996. The van der Waals surface area contributed by atoms with Crippen molar-refractivity contribution in [3.05, 3.63) is 71.6 Å². The molecule has 0 amide bonds. The molecular formula is C12H9N6O7+. The summed E-state index contributed by atoms with van der Waals surface area (Å²) in [6.07, 6.45) is 0. The largest absolute Gasteiger partial charge is 0.393 e. The quantitative estimate of drug-likeness (QED) is 0.341. The van der Waals surface area contributed by atoms with Crippen LogP contribution in [-0.2, 0) is 0 Å². The fraction of sp³-hybridized carbons (Fsp3) is 0. The Morgan fingerprint density at radius 2 is 1.36 bits per heavy atom. The number of anilines is 2. The summed E-state index contributed by atoms with van der Waals surface area (Å²) < 4.78 is 0. The number of nitroso groups, excluding NO2 is 1.